The molecule has 0 N–H and O–H groups in total. The molecule has 1 aromatic rings. The second kappa shape index (κ2) is 7.23. The van der Waals surface area contributed by atoms with E-state index in [0.29, 0.717) is 5.56 Å². The molecule has 0 aliphatic carbocycles. The fourth-order valence-corrected chi connectivity index (χ4v) is 3.02. The first-order chi connectivity index (χ1) is 12.2. The van der Waals surface area contributed by atoms with Crippen LogP contribution in [-0.4, -0.2) is 26.5 Å². The Morgan fingerprint density at radius 1 is 1.33 bits per heavy atom. The third-order valence-corrected chi connectivity index (χ3v) is 5.10. The van der Waals surface area contributed by atoms with Crippen molar-refractivity contribution in [1.29, 1.82) is 0 Å². The van der Waals surface area contributed by atoms with Crippen molar-refractivity contribution in [3.8, 4) is 5.75 Å². The Kier molecular flexibility index (Phi) is 5.72. The highest BCUT2D eigenvalue weighted by molar-refractivity contribution is 7.87. The van der Waals surface area contributed by atoms with E-state index in [-0.39, 0.29) is 35.8 Å². The zero-order valence-electron chi connectivity index (χ0n) is 14.2. The lowest BCUT2D eigenvalue weighted by Crippen LogP contribution is -2.39. The van der Waals surface area contributed by atoms with E-state index in [1.54, 1.807) is 0 Å². The van der Waals surface area contributed by atoms with Crippen LogP contribution >= 0.6 is 11.6 Å². The number of hydrogen-bond acceptors (Lipinski definition) is 6. The van der Waals surface area contributed by atoms with E-state index in [1.807, 2.05) is 0 Å². The molecule has 150 valence electrons. The molecular weight excluding hydrogens is 413 g/mol. The van der Waals surface area contributed by atoms with Crippen LogP contribution in [0.2, 0.25) is 5.02 Å². The number of carboxylic acid groups (broad SMARTS) is 1. The summed E-state index contributed by atoms with van der Waals surface area (Å²) in [5.41, 5.74) is -6.59. The van der Waals surface area contributed by atoms with Crippen LogP contribution in [0.15, 0.2) is 18.2 Å². The summed E-state index contributed by atoms with van der Waals surface area (Å²) in [7, 11) is -5.87. The second-order valence-electron chi connectivity index (χ2n) is 6.48. The molecule has 0 aromatic heterocycles. The highest BCUT2D eigenvalue weighted by atomic mass is 35.5. The summed E-state index contributed by atoms with van der Waals surface area (Å²) in [4.78, 5) is 11.2. The number of hydrogen-bond donors (Lipinski definition) is 0. The van der Waals surface area contributed by atoms with E-state index in [2.05, 4.69) is 4.18 Å². The Hall–Kier alpha value is -1.94. The van der Waals surface area contributed by atoms with E-state index >= 15 is 0 Å². The summed E-state index contributed by atoms with van der Waals surface area (Å²) in [6.45, 7) is 2.90. The Labute approximate surface area is 158 Å². The SMILES string of the molecule is CC(C)(Cc1cc2c(cc1Cl)C(OS(=O)(=O)C(F)(F)F)=CCCO2)C(=O)[O-]. The number of ether oxygens (including phenoxy) is 1. The molecule has 0 fully saturated rings. The molecule has 1 heterocycles. The first-order valence-corrected chi connectivity index (χ1v) is 9.41. The maximum Gasteiger partial charge on any atom is 0.534 e. The summed E-state index contributed by atoms with van der Waals surface area (Å²) < 4.78 is 70.1. The normalized spacial score (nSPS) is 15.3. The van der Waals surface area contributed by atoms with E-state index < -0.39 is 32.8 Å². The van der Waals surface area contributed by atoms with Crippen molar-refractivity contribution in [1.82, 2.24) is 0 Å². The molecule has 11 heteroatoms. The van der Waals surface area contributed by atoms with Gasteiger partial charge in [0.2, 0.25) is 0 Å². The zero-order chi connectivity index (χ0) is 20.6. The summed E-state index contributed by atoms with van der Waals surface area (Å²) >= 11 is 6.13. The summed E-state index contributed by atoms with van der Waals surface area (Å²) in [6.07, 6.45) is 1.21. The van der Waals surface area contributed by atoms with Crippen LogP contribution in [0.3, 0.4) is 0 Å². The fourth-order valence-electron chi connectivity index (χ4n) is 2.30. The third kappa shape index (κ3) is 4.67. The first kappa shape index (κ1) is 21.4. The van der Waals surface area contributed by atoms with Gasteiger partial charge < -0.3 is 18.8 Å². The zero-order valence-corrected chi connectivity index (χ0v) is 15.8. The molecule has 0 saturated heterocycles. The lowest BCUT2D eigenvalue weighted by molar-refractivity contribution is -0.317. The number of benzene rings is 1. The third-order valence-electron chi connectivity index (χ3n) is 3.79. The predicted molar refractivity (Wildman–Crippen MR) is 88.1 cm³/mol. The minimum atomic E-state index is -5.87. The minimum Gasteiger partial charge on any atom is -0.550 e. The van der Waals surface area contributed by atoms with Gasteiger partial charge in [-0.05, 0) is 30.2 Å². The van der Waals surface area contributed by atoms with Gasteiger partial charge in [0.1, 0.15) is 11.5 Å². The minimum absolute atomic E-state index is 0.0208. The van der Waals surface area contributed by atoms with Gasteiger partial charge in [-0.25, -0.2) is 0 Å². The summed E-state index contributed by atoms with van der Waals surface area (Å²) in [6, 6.07) is 2.53. The standard InChI is InChI=1S/C16H16ClF3O6S/c1-15(2,14(21)22)8-9-6-13-10(7-11(9)17)12(4-3-5-25-13)26-27(23,24)16(18,19)20/h4,6-7H,3,5,8H2,1-2H3,(H,21,22)/p-1. The van der Waals surface area contributed by atoms with Crippen molar-refractivity contribution in [3.63, 3.8) is 0 Å². The Morgan fingerprint density at radius 2 is 1.96 bits per heavy atom. The molecule has 1 aromatic carbocycles. The van der Waals surface area contributed by atoms with E-state index in [0.717, 1.165) is 6.08 Å². The van der Waals surface area contributed by atoms with Crippen molar-refractivity contribution in [2.75, 3.05) is 6.61 Å². The molecule has 0 radical (unpaired) electrons. The molecule has 6 nitrogen and oxygen atoms in total. The van der Waals surface area contributed by atoms with E-state index in [9.17, 15) is 31.5 Å². The van der Waals surface area contributed by atoms with Crippen LogP contribution < -0.4 is 9.84 Å². The summed E-state index contributed by atoms with van der Waals surface area (Å²) in [5.74, 6) is -1.84. The van der Waals surface area contributed by atoms with Crippen molar-refractivity contribution in [3.05, 3.63) is 34.4 Å². The Bertz CT molecular complexity index is 890. The van der Waals surface area contributed by atoms with Gasteiger partial charge in [-0.15, -0.1) is 0 Å². The maximum atomic E-state index is 12.6. The van der Waals surface area contributed by atoms with Crippen molar-refractivity contribution in [2.45, 2.75) is 32.2 Å². The molecule has 1 aliphatic heterocycles. The van der Waals surface area contributed by atoms with Gasteiger partial charge in [-0.2, -0.15) is 21.6 Å². The molecule has 0 saturated carbocycles. The van der Waals surface area contributed by atoms with Crippen LogP contribution in [-0.2, 0) is 25.5 Å². The van der Waals surface area contributed by atoms with Gasteiger partial charge in [0, 0.05) is 22.8 Å². The first-order valence-electron chi connectivity index (χ1n) is 7.62. The van der Waals surface area contributed by atoms with Gasteiger partial charge in [0.05, 0.1) is 12.2 Å². The lowest BCUT2D eigenvalue weighted by Gasteiger charge is -2.26. The van der Waals surface area contributed by atoms with Crippen molar-refractivity contribution in [2.24, 2.45) is 5.41 Å². The largest absolute Gasteiger partial charge is 0.550 e. The van der Waals surface area contributed by atoms with Crippen LogP contribution in [0.25, 0.3) is 5.76 Å². The lowest BCUT2D eigenvalue weighted by atomic mass is 9.85. The van der Waals surface area contributed by atoms with E-state index in [4.69, 9.17) is 16.3 Å². The molecule has 0 atom stereocenters. The molecule has 27 heavy (non-hydrogen) atoms. The quantitative estimate of drug-likeness (QED) is 0.530. The van der Waals surface area contributed by atoms with Crippen molar-refractivity contribution < 1.29 is 40.4 Å². The molecule has 0 amide bonds. The Morgan fingerprint density at radius 3 is 2.52 bits per heavy atom. The molecule has 2 rings (SSSR count). The number of alkyl halides is 3. The summed E-state index contributed by atoms with van der Waals surface area (Å²) in [5, 5.41) is 11.2. The number of carboxylic acids is 1. The number of carbonyl (C=O) groups excluding carboxylic acids is 1. The number of halogens is 4. The smallest absolute Gasteiger partial charge is 0.534 e. The average Bonchev–Trinajstić information content (AvgIpc) is 2.68. The molecule has 0 spiro atoms. The average molecular weight is 428 g/mol. The van der Waals surface area contributed by atoms with Crippen LogP contribution in [0, 0.1) is 5.41 Å². The van der Waals surface area contributed by atoms with Gasteiger partial charge in [0.25, 0.3) is 0 Å². The predicted octanol–water partition coefficient (Wildman–Crippen LogP) is 2.65. The van der Waals surface area contributed by atoms with Crippen LogP contribution in [0.4, 0.5) is 13.2 Å². The Balaban J connectivity index is 2.46. The topological polar surface area (TPSA) is 92.7 Å². The number of carbonyl (C=O) groups is 1. The highest BCUT2D eigenvalue weighted by Gasteiger charge is 2.49. The highest BCUT2D eigenvalue weighted by Crippen LogP contribution is 2.39. The van der Waals surface area contributed by atoms with Crippen LogP contribution in [0.1, 0.15) is 31.4 Å². The van der Waals surface area contributed by atoms with E-state index in [1.165, 1.54) is 26.0 Å². The second-order valence-corrected chi connectivity index (χ2v) is 8.42. The molecule has 0 unspecified atom stereocenters. The maximum absolute atomic E-state index is 12.6. The number of fused-ring (bicyclic) bond motifs is 1. The van der Waals surface area contributed by atoms with Gasteiger partial charge in [-0.3, -0.25) is 0 Å². The van der Waals surface area contributed by atoms with Gasteiger partial charge in [0.15, 0.2) is 0 Å². The van der Waals surface area contributed by atoms with Gasteiger partial charge >= 0.3 is 15.6 Å². The molecule has 0 bridgehead atoms. The molecule has 1 aliphatic rings. The van der Waals surface area contributed by atoms with Crippen LogP contribution in [0.5, 0.6) is 5.75 Å². The fraction of sp³-hybridized carbons (Fsp3) is 0.438. The number of rotatable bonds is 5. The van der Waals surface area contributed by atoms with Gasteiger partial charge in [-0.1, -0.05) is 25.4 Å². The molecular formula is C16H15ClF3O6S-. The monoisotopic (exact) mass is 427 g/mol. The van der Waals surface area contributed by atoms with Crippen molar-refractivity contribution >= 4 is 33.4 Å². The number of aliphatic carboxylic acids is 1.